The van der Waals surface area contributed by atoms with Crippen LogP contribution in [-0.2, 0) is 0 Å². The van der Waals surface area contributed by atoms with Crippen LogP contribution in [0.25, 0.3) is 28.1 Å². The predicted molar refractivity (Wildman–Crippen MR) is 81.3 cm³/mol. The van der Waals surface area contributed by atoms with Crippen molar-refractivity contribution in [2.45, 2.75) is 6.92 Å². The van der Waals surface area contributed by atoms with Gasteiger partial charge in [-0.2, -0.15) is 9.50 Å². The number of aromatic nitrogens is 4. The van der Waals surface area contributed by atoms with Gasteiger partial charge in [-0.05, 0) is 19.1 Å². The number of aromatic amines is 1. The Bertz CT molecular complexity index is 1010. The summed E-state index contributed by atoms with van der Waals surface area (Å²) >= 11 is 0. The number of benzene rings is 2. The highest BCUT2D eigenvalue weighted by Gasteiger charge is 2.10. The molecule has 5 nitrogen and oxygen atoms in total. The van der Waals surface area contributed by atoms with Gasteiger partial charge in [0.15, 0.2) is 5.82 Å². The standard InChI is InChI=1S/C16H12N4O/c1-10-6-8-11(9-7-10)14-18-16-17-13-5-3-2-4-12(13)15(21)20(16)19-14/h2-9H,1H3,(H,17,18,19). The lowest BCUT2D eigenvalue weighted by molar-refractivity contribution is 0.919. The zero-order valence-electron chi connectivity index (χ0n) is 11.4. The summed E-state index contributed by atoms with van der Waals surface area (Å²) in [5.41, 5.74) is 2.62. The normalized spacial score (nSPS) is 11.3. The first-order chi connectivity index (χ1) is 10.2. The minimum Gasteiger partial charge on any atom is -0.271 e. The van der Waals surface area contributed by atoms with E-state index in [4.69, 9.17) is 0 Å². The highest BCUT2D eigenvalue weighted by atomic mass is 16.1. The number of fused-ring (bicyclic) bond motifs is 2. The molecule has 4 aromatic rings. The van der Waals surface area contributed by atoms with E-state index >= 15 is 0 Å². The fraction of sp³-hybridized carbons (Fsp3) is 0.0625. The van der Waals surface area contributed by atoms with Crippen LogP contribution >= 0.6 is 0 Å². The molecule has 0 bridgehead atoms. The van der Waals surface area contributed by atoms with Crippen LogP contribution in [0.3, 0.4) is 0 Å². The van der Waals surface area contributed by atoms with Gasteiger partial charge in [-0.3, -0.25) is 9.89 Å². The molecule has 0 fully saturated rings. The van der Waals surface area contributed by atoms with Crippen LogP contribution in [0.4, 0.5) is 0 Å². The van der Waals surface area contributed by atoms with Crippen LogP contribution in [-0.4, -0.2) is 19.6 Å². The number of hydrogen-bond donors (Lipinski definition) is 1. The van der Waals surface area contributed by atoms with Gasteiger partial charge in [-0.15, -0.1) is 0 Å². The molecule has 2 heterocycles. The van der Waals surface area contributed by atoms with Crippen LogP contribution in [0.15, 0.2) is 53.3 Å². The lowest BCUT2D eigenvalue weighted by Crippen LogP contribution is -2.15. The van der Waals surface area contributed by atoms with E-state index < -0.39 is 0 Å². The topological polar surface area (TPSA) is 63.1 Å². The number of H-pyrrole nitrogens is 1. The van der Waals surface area contributed by atoms with E-state index in [0.717, 1.165) is 5.56 Å². The maximum absolute atomic E-state index is 12.4. The van der Waals surface area contributed by atoms with Gasteiger partial charge in [-0.1, -0.05) is 42.0 Å². The Kier molecular flexibility index (Phi) is 2.41. The third-order valence-corrected chi connectivity index (χ3v) is 3.51. The van der Waals surface area contributed by atoms with Gasteiger partial charge >= 0.3 is 0 Å². The number of hydrogen-bond acceptors (Lipinski definition) is 3. The van der Waals surface area contributed by atoms with Gasteiger partial charge < -0.3 is 0 Å². The number of aryl methyl sites for hydroxylation is 1. The molecule has 0 unspecified atom stereocenters. The number of nitrogens with zero attached hydrogens (tertiary/aromatic N) is 3. The molecule has 0 atom stereocenters. The van der Waals surface area contributed by atoms with E-state index in [1.54, 1.807) is 6.07 Å². The first-order valence-corrected chi connectivity index (χ1v) is 6.67. The molecule has 0 radical (unpaired) electrons. The predicted octanol–water partition coefficient (Wildman–Crippen LogP) is 2.55. The maximum atomic E-state index is 12.4. The Morgan fingerprint density at radius 3 is 2.57 bits per heavy atom. The Morgan fingerprint density at radius 2 is 1.76 bits per heavy atom. The van der Waals surface area contributed by atoms with Crippen molar-refractivity contribution >= 4 is 16.7 Å². The summed E-state index contributed by atoms with van der Waals surface area (Å²) in [4.78, 5) is 21.3. The maximum Gasteiger partial charge on any atom is 0.281 e. The molecule has 0 aliphatic heterocycles. The molecule has 0 aliphatic rings. The molecule has 0 spiro atoms. The molecular formula is C16H12N4O. The van der Waals surface area contributed by atoms with Crippen molar-refractivity contribution in [3.8, 4) is 11.4 Å². The summed E-state index contributed by atoms with van der Waals surface area (Å²) in [6, 6.07) is 15.2. The van der Waals surface area contributed by atoms with E-state index in [0.29, 0.717) is 22.5 Å². The highest BCUT2D eigenvalue weighted by molar-refractivity contribution is 5.79. The fourth-order valence-corrected chi connectivity index (χ4v) is 2.37. The minimum atomic E-state index is -0.138. The van der Waals surface area contributed by atoms with Crippen molar-refractivity contribution in [2.75, 3.05) is 0 Å². The summed E-state index contributed by atoms with van der Waals surface area (Å²) in [5, 5.41) is 3.60. The number of para-hydroxylation sites is 1. The Balaban J connectivity index is 2.01. The molecule has 4 rings (SSSR count). The summed E-state index contributed by atoms with van der Waals surface area (Å²) in [6.45, 7) is 2.03. The third kappa shape index (κ3) is 1.82. The SMILES string of the molecule is Cc1ccc(-c2nc3nc4ccccc4c(=O)n3[nH]2)cc1. The Morgan fingerprint density at radius 1 is 1.00 bits per heavy atom. The summed E-state index contributed by atoms with van der Waals surface area (Å²) < 4.78 is 1.39. The van der Waals surface area contributed by atoms with Gasteiger partial charge in [0, 0.05) is 5.56 Å². The molecule has 0 saturated heterocycles. The van der Waals surface area contributed by atoms with Crippen LogP contribution in [0, 0.1) is 6.92 Å². The van der Waals surface area contributed by atoms with E-state index in [9.17, 15) is 4.79 Å². The summed E-state index contributed by atoms with van der Waals surface area (Å²) in [6.07, 6.45) is 0. The molecule has 2 aromatic heterocycles. The lowest BCUT2D eigenvalue weighted by atomic mass is 10.1. The van der Waals surface area contributed by atoms with Crippen molar-refractivity contribution in [3.05, 3.63) is 64.4 Å². The van der Waals surface area contributed by atoms with E-state index in [1.807, 2.05) is 49.4 Å². The molecule has 1 N–H and O–H groups in total. The second kappa shape index (κ2) is 4.28. The first kappa shape index (κ1) is 11.8. The second-order valence-corrected chi connectivity index (χ2v) is 5.01. The monoisotopic (exact) mass is 276 g/mol. The number of rotatable bonds is 1. The van der Waals surface area contributed by atoms with Crippen LogP contribution in [0.5, 0.6) is 0 Å². The zero-order valence-corrected chi connectivity index (χ0v) is 11.4. The molecule has 2 aromatic carbocycles. The van der Waals surface area contributed by atoms with Gasteiger partial charge in [-0.25, -0.2) is 4.98 Å². The Labute approximate surface area is 119 Å². The molecule has 5 heteroatoms. The van der Waals surface area contributed by atoms with Gasteiger partial charge in [0.25, 0.3) is 11.3 Å². The largest absolute Gasteiger partial charge is 0.281 e. The summed E-state index contributed by atoms with van der Waals surface area (Å²) in [7, 11) is 0. The van der Waals surface area contributed by atoms with Crippen molar-refractivity contribution in [3.63, 3.8) is 0 Å². The lowest BCUT2D eigenvalue weighted by Gasteiger charge is -1.96. The molecule has 21 heavy (non-hydrogen) atoms. The smallest absolute Gasteiger partial charge is 0.271 e. The van der Waals surface area contributed by atoms with E-state index in [2.05, 4.69) is 15.1 Å². The molecule has 0 saturated carbocycles. The quantitative estimate of drug-likeness (QED) is 0.581. The van der Waals surface area contributed by atoms with Crippen LogP contribution in [0.2, 0.25) is 0 Å². The van der Waals surface area contributed by atoms with Crippen LogP contribution in [0.1, 0.15) is 5.56 Å². The first-order valence-electron chi connectivity index (χ1n) is 6.67. The summed E-state index contributed by atoms with van der Waals surface area (Å²) in [5.74, 6) is 1.02. The molecule has 102 valence electrons. The third-order valence-electron chi connectivity index (χ3n) is 3.51. The van der Waals surface area contributed by atoms with Gasteiger partial charge in [0.2, 0.25) is 0 Å². The zero-order chi connectivity index (χ0) is 14.4. The van der Waals surface area contributed by atoms with E-state index in [-0.39, 0.29) is 5.56 Å². The highest BCUT2D eigenvalue weighted by Crippen LogP contribution is 2.16. The minimum absolute atomic E-state index is 0.138. The fourth-order valence-electron chi connectivity index (χ4n) is 2.37. The van der Waals surface area contributed by atoms with Crippen LogP contribution < -0.4 is 5.56 Å². The molecule has 0 amide bonds. The van der Waals surface area contributed by atoms with Gasteiger partial charge in [0.05, 0.1) is 10.9 Å². The average Bonchev–Trinajstić information content (AvgIpc) is 2.92. The van der Waals surface area contributed by atoms with Crippen molar-refractivity contribution in [1.82, 2.24) is 19.6 Å². The van der Waals surface area contributed by atoms with Gasteiger partial charge in [0.1, 0.15) is 0 Å². The van der Waals surface area contributed by atoms with E-state index in [1.165, 1.54) is 10.1 Å². The second-order valence-electron chi connectivity index (χ2n) is 5.01. The van der Waals surface area contributed by atoms with Crippen molar-refractivity contribution in [2.24, 2.45) is 0 Å². The van der Waals surface area contributed by atoms with Crippen molar-refractivity contribution < 1.29 is 0 Å². The van der Waals surface area contributed by atoms with Crippen molar-refractivity contribution in [1.29, 1.82) is 0 Å². The average molecular weight is 276 g/mol. The Hall–Kier alpha value is -2.95. The molecule has 0 aliphatic carbocycles. The molecular weight excluding hydrogens is 264 g/mol. The number of nitrogens with one attached hydrogen (secondary N) is 1.